The van der Waals surface area contributed by atoms with Gasteiger partial charge in [0.2, 0.25) is 6.29 Å². The summed E-state index contributed by atoms with van der Waals surface area (Å²) in [6.45, 7) is 4.86. The van der Waals surface area contributed by atoms with Gasteiger partial charge in [0, 0.05) is 18.2 Å². The highest BCUT2D eigenvalue weighted by Gasteiger charge is 2.53. The van der Waals surface area contributed by atoms with Crippen LogP contribution in [0, 0.1) is 19.3 Å². The first-order valence-electron chi connectivity index (χ1n) is 12.7. The van der Waals surface area contributed by atoms with E-state index < -0.39 is 59.3 Å². The second-order valence-electron chi connectivity index (χ2n) is 9.91. The molecule has 1 saturated heterocycles. The van der Waals surface area contributed by atoms with Gasteiger partial charge in [-0.3, -0.25) is 4.79 Å². The number of methoxy groups -OCH3 is 1. The van der Waals surface area contributed by atoms with Crippen molar-refractivity contribution in [3.05, 3.63) is 57.9 Å². The highest BCUT2D eigenvalue weighted by Crippen LogP contribution is 2.38. The van der Waals surface area contributed by atoms with Crippen molar-refractivity contribution in [2.24, 2.45) is 5.73 Å². The first-order valence-corrected chi connectivity index (χ1v) is 12.7. The predicted octanol–water partition coefficient (Wildman–Crippen LogP) is 2.42. The fourth-order valence-electron chi connectivity index (χ4n) is 4.71. The minimum absolute atomic E-state index is 0.00414. The van der Waals surface area contributed by atoms with E-state index in [0.29, 0.717) is 5.75 Å². The summed E-state index contributed by atoms with van der Waals surface area (Å²) in [4.78, 5) is 37.2. The third-order valence-electron chi connectivity index (χ3n) is 6.67. The molecule has 0 aliphatic carbocycles. The molecule has 5 N–H and O–H groups in total. The molecule has 0 unspecified atom stereocenters. The van der Waals surface area contributed by atoms with Crippen LogP contribution < -0.4 is 26.1 Å². The number of aryl methyl sites for hydroxylation is 1. The van der Waals surface area contributed by atoms with E-state index in [4.69, 9.17) is 40.3 Å². The molecule has 4 rings (SSSR count). The number of aromatic hydroxyl groups is 1. The average molecular weight is 583 g/mol. The largest absolute Gasteiger partial charge is 0.505 e. The predicted molar refractivity (Wildman–Crippen MR) is 148 cm³/mol. The van der Waals surface area contributed by atoms with Crippen LogP contribution in [0.3, 0.4) is 0 Å². The summed E-state index contributed by atoms with van der Waals surface area (Å²) in [5, 5.41) is 24.3. The van der Waals surface area contributed by atoms with E-state index in [0.717, 1.165) is 0 Å². The highest BCUT2D eigenvalue weighted by atomic mass is 16.7. The Kier molecular flexibility index (Phi) is 8.62. The SMILES string of the molecule is C#CCOc1cccc(C(=O)Nc2c(O)c3ccc(O[C@@H]4OC(C)(C)[C@H](OC)[C@@H](OC(N)=O)[C@H]4O)c(C)c3oc2=O)c1. The van der Waals surface area contributed by atoms with Crippen molar-refractivity contribution in [2.45, 2.75) is 51.0 Å². The molecule has 4 atom stereocenters. The van der Waals surface area contributed by atoms with Gasteiger partial charge < -0.3 is 49.4 Å². The van der Waals surface area contributed by atoms with Crippen molar-refractivity contribution in [2.75, 3.05) is 19.0 Å². The van der Waals surface area contributed by atoms with Gasteiger partial charge in [0.1, 0.15) is 29.8 Å². The van der Waals surface area contributed by atoms with Crippen LogP contribution in [-0.2, 0) is 14.2 Å². The normalized spacial score (nSPS) is 21.2. The molecule has 0 radical (unpaired) electrons. The smallest absolute Gasteiger partial charge is 0.404 e. The maximum Gasteiger partial charge on any atom is 0.404 e. The molecule has 1 aliphatic heterocycles. The standard InChI is InChI=1S/C29H30N2O11/c1-6-12-38-16-9-7-8-15(13-16)25(34)31-19-20(32)17-10-11-18(14(2)22(17)40-26(19)35)39-27-21(33)23(41-28(30)36)24(37-5)29(3,4)42-27/h1,7-11,13,21,23-24,27,32-33H,12H2,2-5H3,(H2,30,36)(H,31,34)/t21-,23+,24-,27-/m1/s1. The highest BCUT2D eigenvalue weighted by molar-refractivity contribution is 6.06. The van der Waals surface area contributed by atoms with Crippen LogP contribution >= 0.6 is 0 Å². The van der Waals surface area contributed by atoms with Crippen molar-refractivity contribution in [1.82, 2.24) is 0 Å². The first-order chi connectivity index (χ1) is 19.9. The van der Waals surface area contributed by atoms with Crippen LogP contribution in [0.4, 0.5) is 10.5 Å². The molecule has 2 amide bonds. The van der Waals surface area contributed by atoms with Crippen LogP contribution in [0.15, 0.2) is 45.6 Å². The summed E-state index contributed by atoms with van der Waals surface area (Å²) in [5.41, 5.74) is 2.98. The molecule has 0 spiro atoms. The molecule has 1 aliphatic rings. The molecule has 0 bridgehead atoms. The number of aliphatic hydroxyl groups is 1. The molecule has 2 heterocycles. The number of ether oxygens (including phenoxy) is 5. The summed E-state index contributed by atoms with van der Waals surface area (Å²) >= 11 is 0. The fourth-order valence-corrected chi connectivity index (χ4v) is 4.71. The van der Waals surface area contributed by atoms with Crippen molar-refractivity contribution in [1.29, 1.82) is 0 Å². The molecule has 222 valence electrons. The number of amides is 2. The maximum absolute atomic E-state index is 12.9. The average Bonchev–Trinajstić information content (AvgIpc) is 2.94. The van der Waals surface area contributed by atoms with Crippen molar-refractivity contribution in [3.8, 4) is 29.6 Å². The second-order valence-corrected chi connectivity index (χ2v) is 9.91. The van der Waals surface area contributed by atoms with Gasteiger partial charge in [0.05, 0.1) is 11.0 Å². The quantitative estimate of drug-likeness (QED) is 0.225. The van der Waals surface area contributed by atoms with E-state index in [1.807, 2.05) is 0 Å². The van der Waals surface area contributed by atoms with E-state index in [1.54, 1.807) is 32.9 Å². The van der Waals surface area contributed by atoms with Crippen LogP contribution in [-0.4, -0.2) is 66.1 Å². The third kappa shape index (κ3) is 5.96. The molecule has 1 aromatic heterocycles. The number of anilines is 1. The van der Waals surface area contributed by atoms with Crippen LogP contribution in [0.1, 0.15) is 29.8 Å². The maximum atomic E-state index is 12.9. The summed E-state index contributed by atoms with van der Waals surface area (Å²) in [5.74, 6) is 1.56. The zero-order chi connectivity index (χ0) is 30.8. The number of primary amides is 1. The van der Waals surface area contributed by atoms with Gasteiger partial charge in [0.15, 0.2) is 23.6 Å². The van der Waals surface area contributed by atoms with Gasteiger partial charge in [-0.1, -0.05) is 12.0 Å². The molecule has 3 aromatic rings. The minimum atomic E-state index is -1.51. The Hall–Kier alpha value is -4.77. The second kappa shape index (κ2) is 12.0. The lowest BCUT2D eigenvalue weighted by atomic mass is 9.89. The monoisotopic (exact) mass is 582 g/mol. The summed E-state index contributed by atoms with van der Waals surface area (Å²) in [6, 6.07) is 8.94. The Labute approximate surface area is 240 Å². The van der Waals surface area contributed by atoms with Gasteiger partial charge in [-0.2, -0.15) is 0 Å². The first kappa shape index (κ1) is 30.2. The Morgan fingerprint density at radius 1 is 1.24 bits per heavy atom. The van der Waals surface area contributed by atoms with E-state index in [2.05, 4.69) is 11.2 Å². The van der Waals surface area contributed by atoms with Crippen LogP contribution in [0.25, 0.3) is 11.0 Å². The lowest BCUT2D eigenvalue weighted by Crippen LogP contribution is -2.65. The van der Waals surface area contributed by atoms with Gasteiger partial charge in [-0.05, 0) is 51.1 Å². The lowest BCUT2D eigenvalue weighted by Gasteiger charge is -2.47. The number of benzene rings is 2. The van der Waals surface area contributed by atoms with Crippen molar-refractivity contribution < 1.29 is 47.9 Å². The molecule has 1 fully saturated rings. The minimum Gasteiger partial charge on any atom is -0.505 e. The Morgan fingerprint density at radius 2 is 1.98 bits per heavy atom. The molecular formula is C29H30N2O11. The number of hydrogen-bond acceptors (Lipinski definition) is 11. The Bertz CT molecular complexity index is 1610. The number of carbonyl (C=O) groups excluding carboxylic acids is 2. The van der Waals surface area contributed by atoms with Gasteiger partial charge >= 0.3 is 11.7 Å². The van der Waals surface area contributed by atoms with Crippen molar-refractivity contribution >= 4 is 28.7 Å². The zero-order valence-electron chi connectivity index (χ0n) is 23.2. The zero-order valence-corrected chi connectivity index (χ0v) is 23.2. The number of aliphatic hydroxyl groups excluding tert-OH is 1. The molecule has 13 heteroatoms. The number of nitrogens with one attached hydrogen (secondary N) is 1. The summed E-state index contributed by atoms with van der Waals surface area (Å²) in [7, 11) is 1.37. The number of hydrogen-bond donors (Lipinski definition) is 4. The van der Waals surface area contributed by atoms with Gasteiger partial charge in [-0.25, -0.2) is 9.59 Å². The van der Waals surface area contributed by atoms with E-state index >= 15 is 0 Å². The van der Waals surface area contributed by atoms with E-state index in [-0.39, 0.29) is 34.5 Å². The lowest BCUT2D eigenvalue weighted by molar-refractivity contribution is -0.304. The fraction of sp³-hybridized carbons (Fsp3) is 0.345. The summed E-state index contributed by atoms with van der Waals surface area (Å²) in [6.07, 6.45) is -0.897. The van der Waals surface area contributed by atoms with Crippen molar-refractivity contribution in [3.63, 3.8) is 0 Å². The molecule has 0 saturated carbocycles. The Balaban J connectivity index is 1.62. The number of terminal acetylenes is 1. The molecule has 13 nitrogen and oxygen atoms in total. The topological polar surface area (TPSA) is 189 Å². The third-order valence-corrected chi connectivity index (χ3v) is 6.67. The molecule has 42 heavy (non-hydrogen) atoms. The van der Waals surface area contributed by atoms with E-state index in [1.165, 1.54) is 31.4 Å². The van der Waals surface area contributed by atoms with Crippen LogP contribution in [0.5, 0.6) is 17.2 Å². The van der Waals surface area contributed by atoms with Crippen LogP contribution in [0.2, 0.25) is 0 Å². The van der Waals surface area contributed by atoms with E-state index in [9.17, 15) is 24.6 Å². The van der Waals surface area contributed by atoms with Gasteiger partial charge in [0.25, 0.3) is 5.91 Å². The number of carbonyl (C=O) groups is 2. The molecule has 2 aromatic carbocycles. The van der Waals surface area contributed by atoms with Gasteiger partial charge in [-0.15, -0.1) is 6.42 Å². The number of rotatable bonds is 8. The number of nitrogens with two attached hydrogens (primary N) is 1. The Morgan fingerprint density at radius 3 is 2.64 bits per heavy atom. The summed E-state index contributed by atoms with van der Waals surface area (Å²) < 4.78 is 33.1. The molecular weight excluding hydrogens is 552 g/mol. The number of fused-ring (bicyclic) bond motifs is 1.